The van der Waals surface area contributed by atoms with Crippen LogP contribution in [0.2, 0.25) is 0 Å². The third-order valence-corrected chi connectivity index (χ3v) is 6.42. The third kappa shape index (κ3) is 4.86. The molecule has 3 aromatic rings. The summed E-state index contributed by atoms with van der Waals surface area (Å²) in [7, 11) is 0. The van der Waals surface area contributed by atoms with Crippen LogP contribution in [0.25, 0.3) is 6.08 Å². The number of ether oxygens (including phenoxy) is 1. The fraction of sp³-hybridized carbons (Fsp3) is 0.208. The van der Waals surface area contributed by atoms with Crippen LogP contribution in [0, 0.1) is 0 Å². The highest BCUT2D eigenvalue weighted by atomic mass is 32.2. The quantitative estimate of drug-likeness (QED) is 0.264. The number of esters is 1. The summed E-state index contributed by atoms with van der Waals surface area (Å²) in [6, 6.07) is 12.9. The predicted molar refractivity (Wildman–Crippen MR) is 131 cm³/mol. The van der Waals surface area contributed by atoms with Crippen LogP contribution in [-0.4, -0.2) is 53.0 Å². The van der Waals surface area contributed by atoms with Crippen LogP contribution < -0.4 is 19.9 Å². The average Bonchev–Trinajstić information content (AvgIpc) is 2.86. The Morgan fingerprint density at radius 2 is 1.82 bits per heavy atom. The second kappa shape index (κ2) is 9.52. The van der Waals surface area contributed by atoms with Crippen molar-refractivity contribution >= 4 is 47.2 Å². The lowest BCUT2D eigenvalue weighted by molar-refractivity contribution is -0.131. The number of aromatic nitrogens is 3. The highest BCUT2D eigenvalue weighted by Crippen LogP contribution is 2.38. The number of piperazine rings is 1. The Hall–Kier alpha value is -3.92. The number of nitrogens with one attached hydrogen (secondary N) is 1. The number of nitrogens with zero attached hydrogens (tertiary/aromatic N) is 5. The molecule has 172 valence electrons. The van der Waals surface area contributed by atoms with E-state index >= 15 is 0 Å². The van der Waals surface area contributed by atoms with Crippen LogP contribution in [0.4, 0.5) is 17.5 Å². The molecule has 1 saturated heterocycles. The fourth-order valence-corrected chi connectivity index (χ4v) is 4.62. The van der Waals surface area contributed by atoms with Crippen LogP contribution >= 0.6 is 11.8 Å². The minimum Gasteiger partial charge on any atom is -0.427 e. The molecule has 0 spiro atoms. The topological polar surface area (TPSA) is 101 Å². The lowest BCUT2D eigenvalue weighted by Crippen LogP contribution is -2.47. The van der Waals surface area contributed by atoms with Gasteiger partial charge in [0.05, 0.1) is 16.8 Å². The van der Waals surface area contributed by atoms with Gasteiger partial charge in [-0.15, -0.1) is 0 Å². The summed E-state index contributed by atoms with van der Waals surface area (Å²) in [6.45, 7) is 4.58. The summed E-state index contributed by atoms with van der Waals surface area (Å²) in [5.41, 5.74) is 1.42. The molecule has 1 aromatic carbocycles. The van der Waals surface area contributed by atoms with Gasteiger partial charge in [0.2, 0.25) is 5.95 Å². The van der Waals surface area contributed by atoms with E-state index in [1.165, 1.54) is 18.7 Å². The lowest BCUT2D eigenvalue weighted by Gasteiger charge is -2.35. The molecule has 4 heterocycles. The summed E-state index contributed by atoms with van der Waals surface area (Å²) >= 11 is 1.32. The molecule has 2 aliphatic heterocycles. The third-order valence-electron chi connectivity index (χ3n) is 5.39. The number of benzene rings is 1. The van der Waals surface area contributed by atoms with Gasteiger partial charge in [0.25, 0.3) is 5.91 Å². The van der Waals surface area contributed by atoms with E-state index in [-0.39, 0.29) is 11.9 Å². The summed E-state index contributed by atoms with van der Waals surface area (Å²) in [5.74, 6) is 1.50. The van der Waals surface area contributed by atoms with Gasteiger partial charge in [-0.05, 0) is 35.9 Å². The molecular formula is C24H22N6O3S. The maximum Gasteiger partial charge on any atom is 0.308 e. The molecule has 2 aromatic heterocycles. The molecule has 0 radical (unpaired) electrons. The van der Waals surface area contributed by atoms with Crippen molar-refractivity contribution in [3.8, 4) is 5.75 Å². The van der Waals surface area contributed by atoms with Gasteiger partial charge in [-0.1, -0.05) is 30.0 Å². The molecule has 0 atom stereocenters. The van der Waals surface area contributed by atoms with Crippen LogP contribution in [0.1, 0.15) is 12.5 Å². The Morgan fingerprint density at radius 3 is 2.53 bits per heavy atom. The largest absolute Gasteiger partial charge is 0.427 e. The maximum atomic E-state index is 12.6. The van der Waals surface area contributed by atoms with Crippen molar-refractivity contribution in [1.82, 2.24) is 15.0 Å². The second-order valence-electron chi connectivity index (χ2n) is 7.78. The van der Waals surface area contributed by atoms with Crippen LogP contribution in [0.5, 0.6) is 5.75 Å². The summed E-state index contributed by atoms with van der Waals surface area (Å²) < 4.78 is 5.06. The van der Waals surface area contributed by atoms with Crippen LogP contribution in [0.15, 0.2) is 64.8 Å². The molecule has 1 fully saturated rings. The molecule has 0 unspecified atom stereocenters. The number of anilines is 3. The van der Waals surface area contributed by atoms with Crippen molar-refractivity contribution in [3.05, 3.63) is 65.3 Å². The lowest BCUT2D eigenvalue weighted by atomic mass is 10.2. The number of carbonyl (C=O) groups excluding carboxylic acids is 2. The Bertz CT molecular complexity index is 1240. The molecule has 1 N–H and O–H groups in total. The number of hydrogen-bond donors (Lipinski definition) is 1. The van der Waals surface area contributed by atoms with E-state index in [1.807, 2.05) is 18.2 Å². The highest BCUT2D eigenvalue weighted by Gasteiger charge is 2.26. The van der Waals surface area contributed by atoms with Crippen molar-refractivity contribution in [2.75, 3.05) is 41.3 Å². The van der Waals surface area contributed by atoms with Crippen molar-refractivity contribution in [2.24, 2.45) is 0 Å². The molecule has 0 saturated carbocycles. The van der Waals surface area contributed by atoms with Gasteiger partial charge in [-0.2, -0.15) is 0 Å². The number of pyridine rings is 1. The van der Waals surface area contributed by atoms with Gasteiger partial charge in [0.1, 0.15) is 16.6 Å². The molecule has 2 aliphatic rings. The minimum atomic E-state index is -0.376. The molecule has 9 nitrogen and oxygen atoms in total. The number of carbonyl (C=O) groups is 2. The Morgan fingerprint density at radius 1 is 1.06 bits per heavy atom. The number of amides is 1. The average molecular weight is 475 g/mol. The molecule has 5 rings (SSSR count). The zero-order valence-electron chi connectivity index (χ0n) is 18.5. The Labute approximate surface area is 200 Å². The van der Waals surface area contributed by atoms with E-state index < -0.39 is 0 Å². The van der Waals surface area contributed by atoms with Crippen molar-refractivity contribution < 1.29 is 14.3 Å². The van der Waals surface area contributed by atoms with Gasteiger partial charge in [0, 0.05) is 39.3 Å². The monoisotopic (exact) mass is 474 g/mol. The first-order chi connectivity index (χ1) is 16.5. The van der Waals surface area contributed by atoms with Crippen molar-refractivity contribution in [3.63, 3.8) is 0 Å². The smallest absolute Gasteiger partial charge is 0.308 e. The number of thioether (sulfide) groups is 1. The minimum absolute atomic E-state index is 0.207. The summed E-state index contributed by atoms with van der Waals surface area (Å²) in [6.07, 6.45) is 5.26. The SMILES string of the molecule is CC(=O)Oc1ccc(C=C2Sc3nc(N4CCN(c5ccccn5)CC4)ncc3NC2=O)cc1. The van der Waals surface area contributed by atoms with E-state index in [9.17, 15) is 9.59 Å². The van der Waals surface area contributed by atoms with Crippen LogP contribution in [-0.2, 0) is 9.59 Å². The molecule has 1 amide bonds. The first-order valence-electron chi connectivity index (χ1n) is 10.8. The molecule has 34 heavy (non-hydrogen) atoms. The highest BCUT2D eigenvalue weighted by molar-refractivity contribution is 8.04. The second-order valence-corrected chi connectivity index (χ2v) is 8.81. The molecule has 0 aliphatic carbocycles. The number of fused-ring (bicyclic) bond motifs is 1. The van der Waals surface area contributed by atoms with Gasteiger partial charge in [0.15, 0.2) is 0 Å². The van der Waals surface area contributed by atoms with Crippen molar-refractivity contribution in [2.45, 2.75) is 11.9 Å². The van der Waals surface area contributed by atoms with Crippen LogP contribution in [0.3, 0.4) is 0 Å². The maximum absolute atomic E-state index is 12.6. The van der Waals surface area contributed by atoms with E-state index in [0.717, 1.165) is 37.6 Å². The van der Waals surface area contributed by atoms with E-state index in [1.54, 1.807) is 42.7 Å². The zero-order chi connectivity index (χ0) is 23.5. The number of rotatable bonds is 4. The molecule has 10 heteroatoms. The Kier molecular flexibility index (Phi) is 6.13. The standard InChI is InChI=1S/C24H22N6O3S/c1-16(31)33-18-7-5-17(6-8-18)14-20-22(32)27-19-15-26-24(28-23(19)34-20)30-12-10-29(11-13-30)21-4-2-3-9-25-21/h2-9,14-15H,10-13H2,1H3,(H,27,32). The van der Waals surface area contributed by atoms with E-state index in [4.69, 9.17) is 9.72 Å². The first kappa shape index (κ1) is 21.9. The summed E-state index contributed by atoms with van der Waals surface area (Å²) in [5, 5.41) is 3.58. The molecular weight excluding hydrogens is 452 g/mol. The normalized spacial score (nSPS) is 16.7. The van der Waals surface area contributed by atoms with Gasteiger partial charge >= 0.3 is 5.97 Å². The van der Waals surface area contributed by atoms with E-state index in [0.29, 0.717) is 27.3 Å². The van der Waals surface area contributed by atoms with Gasteiger partial charge in [-0.3, -0.25) is 9.59 Å². The van der Waals surface area contributed by atoms with E-state index in [2.05, 4.69) is 25.1 Å². The van der Waals surface area contributed by atoms with Crippen molar-refractivity contribution in [1.29, 1.82) is 0 Å². The first-order valence-corrected chi connectivity index (χ1v) is 11.6. The van der Waals surface area contributed by atoms with Gasteiger partial charge < -0.3 is 19.9 Å². The Balaban J connectivity index is 1.29. The fourth-order valence-electron chi connectivity index (χ4n) is 3.73. The zero-order valence-corrected chi connectivity index (χ0v) is 19.3. The predicted octanol–water partition coefficient (Wildman–Crippen LogP) is 3.21. The van der Waals surface area contributed by atoms with Gasteiger partial charge in [-0.25, -0.2) is 15.0 Å². The summed E-state index contributed by atoms with van der Waals surface area (Å²) in [4.78, 5) is 42.2. The molecule has 0 bridgehead atoms. The number of hydrogen-bond acceptors (Lipinski definition) is 9.